The Balaban J connectivity index is 2.15. The molecule has 0 atom stereocenters. The highest BCUT2D eigenvalue weighted by atomic mass is 16.3. The second kappa shape index (κ2) is 4.71. The summed E-state index contributed by atoms with van der Waals surface area (Å²) in [5.74, 6) is 0.0326. The van der Waals surface area contributed by atoms with Crippen LogP contribution in [-0.2, 0) is 0 Å². The second-order valence-corrected chi connectivity index (χ2v) is 5.84. The van der Waals surface area contributed by atoms with Crippen LogP contribution in [0.15, 0.2) is 41.6 Å². The summed E-state index contributed by atoms with van der Waals surface area (Å²) in [4.78, 5) is 17.6. The van der Waals surface area contributed by atoms with Crippen molar-refractivity contribution in [3.63, 3.8) is 0 Å². The fraction of sp³-hybridized carbons (Fsp3) is 0.111. The zero-order valence-corrected chi connectivity index (χ0v) is 12.8. The van der Waals surface area contributed by atoms with Crippen LogP contribution < -0.4 is 0 Å². The average molecular weight is 305 g/mol. The number of hydrogen-bond donors (Lipinski definition) is 3. The molecular formula is C18H15N3O2. The zero-order valence-electron chi connectivity index (χ0n) is 12.8. The molecule has 0 spiro atoms. The molecule has 114 valence electrons. The first-order valence-corrected chi connectivity index (χ1v) is 7.36. The number of aromatic amines is 2. The van der Waals surface area contributed by atoms with Gasteiger partial charge in [0.25, 0.3) is 0 Å². The largest absolute Gasteiger partial charge is 0.494 e. The summed E-state index contributed by atoms with van der Waals surface area (Å²) >= 11 is 0. The number of hydrogen-bond acceptors (Lipinski definition) is 3. The number of para-hydroxylation sites is 1. The van der Waals surface area contributed by atoms with E-state index in [4.69, 9.17) is 0 Å². The van der Waals surface area contributed by atoms with Crippen molar-refractivity contribution in [3.05, 3.63) is 52.4 Å². The first-order valence-electron chi connectivity index (χ1n) is 7.36. The van der Waals surface area contributed by atoms with Gasteiger partial charge in [-0.15, -0.1) is 4.91 Å². The molecule has 0 fully saturated rings. The third-order valence-corrected chi connectivity index (χ3v) is 4.25. The fourth-order valence-electron chi connectivity index (χ4n) is 3.30. The Labute approximate surface area is 131 Å². The van der Waals surface area contributed by atoms with E-state index in [1.54, 1.807) is 0 Å². The van der Waals surface area contributed by atoms with Crippen LogP contribution in [-0.4, -0.2) is 15.1 Å². The maximum atomic E-state index is 11.4. The van der Waals surface area contributed by atoms with E-state index in [1.807, 2.05) is 50.2 Å². The smallest absolute Gasteiger partial charge is 0.199 e. The lowest BCUT2D eigenvalue weighted by atomic mass is 10.0. The van der Waals surface area contributed by atoms with Gasteiger partial charge in [-0.3, -0.25) is 0 Å². The number of fused-ring (bicyclic) bond motifs is 2. The van der Waals surface area contributed by atoms with Gasteiger partial charge in [0.1, 0.15) is 5.69 Å². The third kappa shape index (κ3) is 1.86. The highest BCUT2D eigenvalue weighted by Gasteiger charge is 2.21. The lowest BCUT2D eigenvalue weighted by molar-refractivity contribution is 0.460. The second-order valence-electron chi connectivity index (χ2n) is 5.84. The van der Waals surface area contributed by atoms with Crippen LogP contribution in [0.3, 0.4) is 0 Å². The predicted molar refractivity (Wildman–Crippen MR) is 92.2 cm³/mol. The number of H-pyrrole nitrogens is 2. The number of aryl methyl sites for hydroxylation is 2. The molecule has 4 rings (SSSR count). The molecule has 0 radical (unpaired) electrons. The third-order valence-electron chi connectivity index (χ3n) is 4.25. The lowest BCUT2D eigenvalue weighted by Gasteiger charge is -2.01. The monoisotopic (exact) mass is 305 g/mol. The molecule has 0 amide bonds. The first-order chi connectivity index (χ1) is 11.1. The van der Waals surface area contributed by atoms with Crippen LogP contribution in [0.25, 0.3) is 33.1 Å². The van der Waals surface area contributed by atoms with Gasteiger partial charge in [-0.1, -0.05) is 29.8 Å². The molecule has 0 aliphatic carbocycles. The summed E-state index contributed by atoms with van der Waals surface area (Å²) < 4.78 is 0. The molecule has 2 aromatic carbocycles. The van der Waals surface area contributed by atoms with E-state index >= 15 is 0 Å². The molecule has 4 aromatic rings. The van der Waals surface area contributed by atoms with E-state index in [2.05, 4.69) is 15.1 Å². The van der Waals surface area contributed by atoms with Gasteiger partial charge in [-0.25, -0.2) is 0 Å². The van der Waals surface area contributed by atoms with Gasteiger partial charge >= 0.3 is 0 Å². The van der Waals surface area contributed by atoms with Crippen molar-refractivity contribution < 1.29 is 5.11 Å². The van der Waals surface area contributed by atoms with E-state index in [9.17, 15) is 10.0 Å². The van der Waals surface area contributed by atoms with Crippen LogP contribution in [0.5, 0.6) is 5.88 Å². The molecule has 23 heavy (non-hydrogen) atoms. The summed E-state index contributed by atoms with van der Waals surface area (Å²) in [6.07, 6.45) is 0. The maximum Gasteiger partial charge on any atom is 0.199 e. The number of aromatic nitrogens is 2. The standard InChI is InChI=1S/C18H15N3O2/c1-9-7-10(2)15-12(8-9)14(18(22)20-15)17-16(21-23)11-5-3-4-6-13(11)19-17/h3-8,19-20,22H,1-2H3. The molecule has 0 saturated carbocycles. The molecule has 2 aromatic heterocycles. The number of nitrogens with one attached hydrogen (secondary N) is 2. The Morgan fingerprint density at radius 3 is 2.61 bits per heavy atom. The van der Waals surface area contributed by atoms with Crippen molar-refractivity contribution >= 4 is 27.5 Å². The van der Waals surface area contributed by atoms with E-state index in [1.165, 1.54) is 0 Å². The number of rotatable bonds is 2. The minimum absolute atomic E-state index is 0.0326. The van der Waals surface area contributed by atoms with Crippen LogP contribution >= 0.6 is 0 Å². The van der Waals surface area contributed by atoms with E-state index in [0.717, 1.165) is 32.9 Å². The quantitative estimate of drug-likeness (QED) is 0.454. The Kier molecular flexibility index (Phi) is 2.78. The van der Waals surface area contributed by atoms with Gasteiger partial charge in [0.05, 0.1) is 16.8 Å². The van der Waals surface area contributed by atoms with E-state index in [-0.39, 0.29) is 5.88 Å². The van der Waals surface area contributed by atoms with Crippen molar-refractivity contribution in [1.29, 1.82) is 0 Å². The van der Waals surface area contributed by atoms with Gasteiger partial charge in [-0.05, 0) is 36.7 Å². The van der Waals surface area contributed by atoms with Crippen molar-refractivity contribution in [1.82, 2.24) is 9.97 Å². The number of nitrogens with zero attached hydrogens (tertiary/aromatic N) is 1. The number of benzene rings is 2. The molecular weight excluding hydrogens is 290 g/mol. The number of aromatic hydroxyl groups is 1. The molecule has 0 saturated heterocycles. The molecule has 5 nitrogen and oxygen atoms in total. The Morgan fingerprint density at radius 1 is 1.04 bits per heavy atom. The first kappa shape index (κ1) is 13.6. The summed E-state index contributed by atoms with van der Waals surface area (Å²) in [6.45, 7) is 3.99. The summed E-state index contributed by atoms with van der Waals surface area (Å²) in [6, 6.07) is 11.5. The van der Waals surface area contributed by atoms with Gasteiger partial charge in [0.2, 0.25) is 0 Å². The topological polar surface area (TPSA) is 81.2 Å². The van der Waals surface area contributed by atoms with Gasteiger partial charge in [0, 0.05) is 16.3 Å². The van der Waals surface area contributed by atoms with Crippen LogP contribution in [0.4, 0.5) is 5.69 Å². The zero-order chi connectivity index (χ0) is 16.1. The highest BCUT2D eigenvalue weighted by molar-refractivity contribution is 6.08. The highest BCUT2D eigenvalue weighted by Crippen LogP contribution is 2.44. The van der Waals surface area contributed by atoms with Crippen molar-refractivity contribution in [3.8, 4) is 17.1 Å². The molecule has 0 aliphatic rings. The van der Waals surface area contributed by atoms with Gasteiger partial charge < -0.3 is 15.1 Å². The summed E-state index contributed by atoms with van der Waals surface area (Å²) in [5, 5.41) is 15.2. The summed E-state index contributed by atoms with van der Waals surface area (Å²) in [5.41, 5.74) is 5.24. The van der Waals surface area contributed by atoms with Crippen molar-refractivity contribution in [2.45, 2.75) is 13.8 Å². The Hall–Kier alpha value is -3.08. The van der Waals surface area contributed by atoms with Crippen LogP contribution in [0.1, 0.15) is 11.1 Å². The molecule has 3 N–H and O–H groups in total. The minimum Gasteiger partial charge on any atom is -0.494 e. The molecule has 0 aliphatic heterocycles. The Morgan fingerprint density at radius 2 is 1.83 bits per heavy atom. The normalized spacial score (nSPS) is 11.4. The average Bonchev–Trinajstić information content (AvgIpc) is 3.04. The maximum absolute atomic E-state index is 11.4. The molecule has 0 bridgehead atoms. The molecule has 2 heterocycles. The van der Waals surface area contributed by atoms with E-state index < -0.39 is 0 Å². The fourth-order valence-corrected chi connectivity index (χ4v) is 3.30. The summed E-state index contributed by atoms with van der Waals surface area (Å²) in [7, 11) is 0. The minimum atomic E-state index is 0.0326. The van der Waals surface area contributed by atoms with Crippen LogP contribution in [0.2, 0.25) is 0 Å². The van der Waals surface area contributed by atoms with E-state index in [0.29, 0.717) is 16.9 Å². The van der Waals surface area contributed by atoms with Gasteiger partial charge in [-0.2, -0.15) is 0 Å². The van der Waals surface area contributed by atoms with Crippen molar-refractivity contribution in [2.75, 3.05) is 0 Å². The molecule has 5 heteroatoms. The number of nitroso groups, excluding NO2 is 1. The lowest BCUT2D eigenvalue weighted by Crippen LogP contribution is -1.81. The Bertz CT molecular complexity index is 1070. The van der Waals surface area contributed by atoms with Crippen LogP contribution in [0, 0.1) is 18.8 Å². The molecule has 0 unspecified atom stereocenters. The predicted octanol–water partition coefficient (Wildman–Crippen LogP) is 5.04. The van der Waals surface area contributed by atoms with Gasteiger partial charge in [0.15, 0.2) is 5.88 Å². The van der Waals surface area contributed by atoms with Crippen molar-refractivity contribution in [2.24, 2.45) is 5.18 Å². The SMILES string of the molecule is Cc1cc(C)c2[nH]c(O)c(-c3[nH]c4ccccc4c3N=O)c2c1.